The summed E-state index contributed by atoms with van der Waals surface area (Å²) in [5.74, 6) is 0.269. The molecule has 1 aliphatic rings. The molecule has 6 heteroatoms. The lowest BCUT2D eigenvalue weighted by molar-refractivity contribution is -0.144. The van der Waals surface area contributed by atoms with Crippen molar-refractivity contribution in [2.24, 2.45) is 0 Å². The molecule has 17 heavy (non-hydrogen) atoms. The minimum absolute atomic E-state index is 0.269. The molecule has 0 amide bonds. The molecule has 0 unspecified atom stereocenters. The molecule has 2 heterocycles. The molecule has 0 fully saturated rings. The second-order valence-corrected chi connectivity index (χ2v) is 4.27. The van der Waals surface area contributed by atoms with Crippen LogP contribution in [-0.2, 0) is 19.1 Å². The normalized spacial score (nSPS) is 16.5. The van der Waals surface area contributed by atoms with Crippen LogP contribution in [0.2, 0.25) is 0 Å². The fourth-order valence-corrected chi connectivity index (χ4v) is 2.22. The molecule has 0 spiro atoms. The van der Waals surface area contributed by atoms with Crippen LogP contribution >= 0.6 is 0 Å². The predicted octanol–water partition coefficient (Wildman–Crippen LogP) is 2.30. The van der Waals surface area contributed by atoms with Crippen LogP contribution in [0.1, 0.15) is 36.3 Å². The Hall–Kier alpha value is -1.33. The first-order valence-corrected chi connectivity index (χ1v) is 5.59. The van der Waals surface area contributed by atoms with Crippen molar-refractivity contribution < 1.29 is 13.2 Å². The fraction of sp³-hybridized carbons (Fsp3) is 0.636. The Kier molecular flexibility index (Phi) is 2.97. The molecule has 1 aromatic rings. The quantitative estimate of drug-likeness (QED) is 0.704. The molecule has 0 saturated carbocycles. The van der Waals surface area contributed by atoms with E-state index in [1.54, 1.807) is 0 Å². The van der Waals surface area contributed by atoms with E-state index in [0.29, 0.717) is 12.8 Å². The lowest BCUT2D eigenvalue weighted by Gasteiger charge is -2.19. The first-order chi connectivity index (χ1) is 7.91. The number of alkyl halides is 3. The SMILES string of the molecule is Cc1c(C(F)(F)F)n2c(nc1=O)CCCCC2. The van der Waals surface area contributed by atoms with E-state index in [1.165, 1.54) is 11.5 Å². The number of nitrogens with zero attached hydrogens (tertiary/aromatic N) is 2. The van der Waals surface area contributed by atoms with Crippen LogP contribution in [-0.4, -0.2) is 9.55 Å². The summed E-state index contributed by atoms with van der Waals surface area (Å²) in [7, 11) is 0. The van der Waals surface area contributed by atoms with Crippen molar-refractivity contribution in [2.75, 3.05) is 0 Å². The molecule has 1 aromatic heterocycles. The lowest BCUT2D eigenvalue weighted by atomic mass is 10.2. The highest BCUT2D eigenvalue weighted by Crippen LogP contribution is 2.32. The third-order valence-electron chi connectivity index (χ3n) is 3.04. The Labute approximate surface area is 96.3 Å². The number of hydrogen-bond acceptors (Lipinski definition) is 2. The van der Waals surface area contributed by atoms with Gasteiger partial charge in [-0.05, 0) is 19.8 Å². The summed E-state index contributed by atoms with van der Waals surface area (Å²) >= 11 is 0. The average Bonchev–Trinajstić information content (AvgIpc) is 2.42. The monoisotopic (exact) mass is 246 g/mol. The minimum Gasteiger partial charge on any atom is -0.325 e. The second kappa shape index (κ2) is 4.16. The van der Waals surface area contributed by atoms with Gasteiger partial charge in [-0.2, -0.15) is 18.2 Å². The van der Waals surface area contributed by atoms with E-state index in [0.717, 1.165) is 12.8 Å². The van der Waals surface area contributed by atoms with Crippen molar-refractivity contribution in [3.63, 3.8) is 0 Å². The maximum absolute atomic E-state index is 13.0. The summed E-state index contributed by atoms with van der Waals surface area (Å²) in [5, 5.41) is 0. The molecular weight excluding hydrogens is 233 g/mol. The van der Waals surface area contributed by atoms with E-state index in [9.17, 15) is 18.0 Å². The maximum Gasteiger partial charge on any atom is 0.431 e. The van der Waals surface area contributed by atoms with E-state index in [4.69, 9.17) is 0 Å². The number of rotatable bonds is 0. The average molecular weight is 246 g/mol. The van der Waals surface area contributed by atoms with E-state index in [-0.39, 0.29) is 17.9 Å². The van der Waals surface area contributed by atoms with Crippen molar-refractivity contribution >= 4 is 0 Å². The van der Waals surface area contributed by atoms with Crippen molar-refractivity contribution in [2.45, 2.75) is 45.3 Å². The number of aryl methyl sites for hydroxylation is 1. The van der Waals surface area contributed by atoms with Gasteiger partial charge in [-0.25, -0.2) is 0 Å². The molecule has 0 N–H and O–H groups in total. The molecule has 0 aromatic carbocycles. The van der Waals surface area contributed by atoms with Gasteiger partial charge in [0.25, 0.3) is 5.56 Å². The number of hydrogen-bond donors (Lipinski definition) is 0. The van der Waals surface area contributed by atoms with Crippen LogP contribution in [0.15, 0.2) is 4.79 Å². The topological polar surface area (TPSA) is 34.9 Å². The molecule has 0 aliphatic carbocycles. The van der Waals surface area contributed by atoms with E-state index < -0.39 is 17.4 Å². The third-order valence-corrected chi connectivity index (χ3v) is 3.04. The molecule has 2 rings (SSSR count). The number of fused-ring (bicyclic) bond motifs is 1. The smallest absolute Gasteiger partial charge is 0.325 e. The predicted molar refractivity (Wildman–Crippen MR) is 55.8 cm³/mol. The summed E-state index contributed by atoms with van der Waals surface area (Å²) in [6.07, 6.45) is -1.70. The van der Waals surface area contributed by atoms with Crippen LogP contribution in [0.4, 0.5) is 13.2 Å². The van der Waals surface area contributed by atoms with Crippen molar-refractivity contribution in [3.8, 4) is 0 Å². The molecule has 0 atom stereocenters. The highest BCUT2D eigenvalue weighted by Gasteiger charge is 2.38. The minimum atomic E-state index is -4.49. The summed E-state index contributed by atoms with van der Waals surface area (Å²) in [6, 6.07) is 0. The van der Waals surface area contributed by atoms with Crippen LogP contribution < -0.4 is 5.56 Å². The van der Waals surface area contributed by atoms with Gasteiger partial charge in [-0.1, -0.05) is 6.42 Å². The molecule has 3 nitrogen and oxygen atoms in total. The van der Waals surface area contributed by atoms with Crippen molar-refractivity contribution in [1.82, 2.24) is 9.55 Å². The van der Waals surface area contributed by atoms with Gasteiger partial charge in [0.15, 0.2) is 0 Å². The van der Waals surface area contributed by atoms with Gasteiger partial charge < -0.3 is 4.57 Å². The van der Waals surface area contributed by atoms with Gasteiger partial charge in [-0.15, -0.1) is 0 Å². The third kappa shape index (κ3) is 2.21. The Morgan fingerprint density at radius 3 is 2.59 bits per heavy atom. The number of halogens is 3. The fourth-order valence-electron chi connectivity index (χ4n) is 2.22. The molecular formula is C11H13F3N2O. The Balaban J connectivity index is 2.71. The zero-order chi connectivity index (χ0) is 12.6. The Morgan fingerprint density at radius 2 is 1.94 bits per heavy atom. The molecule has 94 valence electrons. The van der Waals surface area contributed by atoms with Crippen molar-refractivity contribution in [1.29, 1.82) is 0 Å². The van der Waals surface area contributed by atoms with Gasteiger partial charge in [0.2, 0.25) is 0 Å². The highest BCUT2D eigenvalue weighted by molar-refractivity contribution is 5.21. The first kappa shape index (κ1) is 12.1. The number of aromatic nitrogens is 2. The Morgan fingerprint density at radius 1 is 1.24 bits per heavy atom. The summed E-state index contributed by atoms with van der Waals surface area (Å²) < 4.78 is 40.1. The molecule has 0 bridgehead atoms. The van der Waals surface area contributed by atoms with Crippen molar-refractivity contribution in [3.05, 3.63) is 27.4 Å². The van der Waals surface area contributed by atoms with Gasteiger partial charge in [0.05, 0.1) is 0 Å². The standard InChI is InChI=1S/C11H13F3N2O/c1-7-9(11(12,13)14)16-6-4-2-3-5-8(16)15-10(7)17/h2-6H2,1H3. The van der Waals surface area contributed by atoms with Gasteiger partial charge >= 0.3 is 6.18 Å². The maximum atomic E-state index is 13.0. The van der Waals surface area contributed by atoms with Gasteiger partial charge in [0.1, 0.15) is 11.5 Å². The van der Waals surface area contributed by atoms with Crippen LogP contribution in [0, 0.1) is 6.92 Å². The zero-order valence-electron chi connectivity index (χ0n) is 9.47. The zero-order valence-corrected chi connectivity index (χ0v) is 9.47. The molecule has 0 radical (unpaired) electrons. The summed E-state index contributed by atoms with van der Waals surface area (Å²) in [6.45, 7) is 1.48. The van der Waals surface area contributed by atoms with E-state index in [1.807, 2.05) is 0 Å². The lowest BCUT2D eigenvalue weighted by Crippen LogP contribution is -2.29. The largest absolute Gasteiger partial charge is 0.431 e. The highest BCUT2D eigenvalue weighted by atomic mass is 19.4. The van der Waals surface area contributed by atoms with Crippen LogP contribution in [0.5, 0.6) is 0 Å². The summed E-state index contributed by atoms with van der Waals surface area (Å²) in [4.78, 5) is 15.2. The first-order valence-electron chi connectivity index (χ1n) is 5.59. The molecule has 1 aliphatic heterocycles. The van der Waals surface area contributed by atoms with Crippen LogP contribution in [0.25, 0.3) is 0 Å². The van der Waals surface area contributed by atoms with E-state index >= 15 is 0 Å². The van der Waals surface area contributed by atoms with Crippen LogP contribution in [0.3, 0.4) is 0 Å². The van der Waals surface area contributed by atoms with E-state index in [2.05, 4.69) is 4.98 Å². The van der Waals surface area contributed by atoms with Gasteiger partial charge in [0, 0.05) is 18.5 Å². The second-order valence-electron chi connectivity index (χ2n) is 4.27. The van der Waals surface area contributed by atoms with Gasteiger partial charge in [-0.3, -0.25) is 4.79 Å². The summed E-state index contributed by atoms with van der Waals surface area (Å²) in [5.41, 5.74) is -1.89. The Bertz CT molecular complexity index is 491. The molecule has 0 saturated heterocycles.